The van der Waals surface area contributed by atoms with Crippen molar-refractivity contribution < 1.29 is 0 Å². The Bertz CT molecular complexity index is 3860. The van der Waals surface area contributed by atoms with Gasteiger partial charge in [0, 0.05) is 65.8 Å². The van der Waals surface area contributed by atoms with Gasteiger partial charge in [-0.3, -0.25) is 0 Å². The molecule has 0 N–H and O–H groups in total. The minimum atomic E-state index is 0.00987. The van der Waals surface area contributed by atoms with Crippen LogP contribution < -0.4 is 10.9 Å². The molecule has 278 valence electrons. The largest absolute Gasteiger partial charge is 0.374 e. The molecule has 4 aromatic heterocycles. The van der Waals surface area contributed by atoms with Crippen molar-refractivity contribution in [2.45, 2.75) is 33.7 Å². The number of hydrogen-bond donors (Lipinski definition) is 0. The highest BCUT2D eigenvalue weighted by molar-refractivity contribution is 6.90. The summed E-state index contributed by atoms with van der Waals surface area (Å²) in [6, 6.07) is 51.7. The SMILES string of the molecule is Cc1cccc2c1c1c(C)ccc3c1n2-c1cccc2c1B3n1c3c-2cccc3c2c1c1cccc3c1n2C1c2c-3cccc2-n2c3cccc(C)c3c3c(C)ccc1c32. The van der Waals surface area contributed by atoms with Crippen molar-refractivity contribution >= 4 is 94.2 Å². The Labute approximate surface area is 345 Å². The second-order valence-corrected chi connectivity index (χ2v) is 18.1. The molecule has 0 aliphatic carbocycles. The van der Waals surface area contributed by atoms with E-state index >= 15 is 0 Å². The summed E-state index contributed by atoms with van der Waals surface area (Å²) in [5, 5.41) is 8.18. The van der Waals surface area contributed by atoms with Crippen LogP contribution in [0.4, 0.5) is 0 Å². The fraction of sp³-hybridized carbons (Fsp3) is 0.0909. The molecule has 0 bridgehead atoms. The first-order valence-corrected chi connectivity index (χ1v) is 21.4. The first kappa shape index (κ1) is 30.8. The molecule has 0 radical (unpaired) electrons. The number of aromatic nitrogens is 4. The molecule has 0 spiro atoms. The van der Waals surface area contributed by atoms with Crippen LogP contribution in [0.1, 0.15) is 39.4 Å². The first-order valence-electron chi connectivity index (χ1n) is 21.4. The van der Waals surface area contributed by atoms with Crippen molar-refractivity contribution in [1.29, 1.82) is 0 Å². The van der Waals surface area contributed by atoms with E-state index in [4.69, 9.17) is 0 Å². The average molecular weight is 763 g/mol. The maximum atomic E-state index is 2.79. The van der Waals surface area contributed by atoms with Gasteiger partial charge in [0.2, 0.25) is 0 Å². The molecule has 5 heteroatoms. The van der Waals surface area contributed by atoms with Gasteiger partial charge in [0.05, 0.1) is 50.3 Å². The van der Waals surface area contributed by atoms with Crippen LogP contribution in [-0.4, -0.2) is 25.0 Å². The number of nitrogens with zero attached hydrogens (tertiary/aromatic N) is 4. The summed E-state index contributed by atoms with van der Waals surface area (Å²) in [7, 11) is 0. The second-order valence-electron chi connectivity index (χ2n) is 18.1. The fourth-order valence-corrected chi connectivity index (χ4v) is 13.3. The van der Waals surface area contributed by atoms with Crippen LogP contribution in [0, 0.1) is 27.7 Å². The predicted molar refractivity (Wildman–Crippen MR) is 251 cm³/mol. The average Bonchev–Trinajstić information content (AvgIpc) is 4.01. The van der Waals surface area contributed by atoms with Gasteiger partial charge < -0.3 is 18.2 Å². The zero-order valence-electron chi connectivity index (χ0n) is 33.6. The summed E-state index contributed by atoms with van der Waals surface area (Å²) in [5.41, 5.74) is 29.5. The third kappa shape index (κ3) is 3.06. The normalized spacial score (nSPS) is 15.1. The van der Waals surface area contributed by atoms with Crippen LogP contribution in [0.15, 0.2) is 133 Å². The highest BCUT2D eigenvalue weighted by Crippen LogP contribution is 2.57. The van der Waals surface area contributed by atoms with E-state index in [1.807, 2.05) is 0 Å². The topological polar surface area (TPSA) is 19.7 Å². The Morgan fingerprint density at radius 2 is 0.983 bits per heavy atom. The summed E-state index contributed by atoms with van der Waals surface area (Å²) in [6.07, 6.45) is 0. The Kier molecular flexibility index (Phi) is 5.02. The molecule has 0 saturated heterocycles. The van der Waals surface area contributed by atoms with Crippen LogP contribution in [-0.2, 0) is 0 Å². The van der Waals surface area contributed by atoms with Gasteiger partial charge in [-0.15, -0.1) is 0 Å². The van der Waals surface area contributed by atoms with Crippen molar-refractivity contribution in [2.75, 3.05) is 0 Å². The maximum Gasteiger partial charge on any atom is 0.333 e. The van der Waals surface area contributed by atoms with Crippen molar-refractivity contribution in [2.24, 2.45) is 0 Å². The van der Waals surface area contributed by atoms with E-state index in [9.17, 15) is 0 Å². The molecule has 60 heavy (non-hydrogen) atoms. The van der Waals surface area contributed by atoms with E-state index in [0.29, 0.717) is 0 Å². The lowest BCUT2D eigenvalue weighted by atomic mass is 9.45. The Hall–Kier alpha value is -7.24. The monoisotopic (exact) mass is 762 g/mol. The lowest BCUT2D eigenvalue weighted by molar-refractivity contribution is 0.711. The van der Waals surface area contributed by atoms with E-state index < -0.39 is 0 Å². The zero-order chi connectivity index (χ0) is 39.2. The molecule has 1 atom stereocenters. The van der Waals surface area contributed by atoms with Crippen molar-refractivity contribution in [3.8, 4) is 33.6 Å². The number of fused-ring (bicyclic) bond motifs is 19. The summed E-state index contributed by atoms with van der Waals surface area (Å²) in [5.74, 6) is 0. The van der Waals surface area contributed by atoms with Crippen LogP contribution in [0.5, 0.6) is 0 Å². The van der Waals surface area contributed by atoms with Gasteiger partial charge in [0.15, 0.2) is 0 Å². The van der Waals surface area contributed by atoms with E-state index in [1.54, 1.807) is 0 Å². The molecule has 4 aliphatic rings. The van der Waals surface area contributed by atoms with Crippen LogP contribution >= 0.6 is 0 Å². The minimum absolute atomic E-state index is 0.00987. The summed E-state index contributed by atoms with van der Waals surface area (Å²) >= 11 is 0. The van der Waals surface area contributed by atoms with Gasteiger partial charge in [0.25, 0.3) is 0 Å². The molecular formula is C55H35BN4. The van der Waals surface area contributed by atoms with Gasteiger partial charge in [0.1, 0.15) is 0 Å². The second kappa shape index (κ2) is 9.78. The Morgan fingerprint density at radius 1 is 0.417 bits per heavy atom. The fourth-order valence-electron chi connectivity index (χ4n) is 13.3. The van der Waals surface area contributed by atoms with Gasteiger partial charge in [-0.2, -0.15) is 0 Å². The van der Waals surface area contributed by atoms with Crippen molar-refractivity contribution in [1.82, 2.24) is 18.2 Å². The molecule has 0 saturated carbocycles. The van der Waals surface area contributed by atoms with Crippen LogP contribution in [0.2, 0.25) is 0 Å². The highest BCUT2D eigenvalue weighted by Gasteiger charge is 2.45. The van der Waals surface area contributed by atoms with Gasteiger partial charge in [-0.05, 0) is 96.3 Å². The molecule has 4 nitrogen and oxygen atoms in total. The smallest absolute Gasteiger partial charge is 0.333 e. The third-order valence-corrected chi connectivity index (χ3v) is 15.4. The van der Waals surface area contributed by atoms with E-state index in [2.05, 4.69) is 179 Å². The van der Waals surface area contributed by atoms with Gasteiger partial charge in [-0.25, -0.2) is 0 Å². The third-order valence-electron chi connectivity index (χ3n) is 15.4. The van der Waals surface area contributed by atoms with E-state index in [-0.39, 0.29) is 12.9 Å². The van der Waals surface area contributed by atoms with Crippen molar-refractivity contribution in [3.05, 3.63) is 167 Å². The quantitative estimate of drug-likeness (QED) is 0.137. The molecule has 4 aliphatic heterocycles. The highest BCUT2D eigenvalue weighted by atomic mass is 15.1. The number of benzene rings is 8. The standard InChI is InChI=1S/C55H35BN4/c1-27-11-5-19-39-43(27)45-29(3)23-25-37-51(45)57(39)41-21-9-13-31-33-15-7-17-35-49(33)59(52(37)47(31)41)53-36-18-8-16-34-32-14-10-22-42-48(32)56(60(50(34)36)54(35)53)38-26-24-30(4)46-44-28(2)12-6-20-40(44)58(42)55(38)46/h5-26,52H,1-4H3. The minimum Gasteiger partial charge on any atom is -0.374 e. The molecule has 0 amide bonds. The molecule has 8 aromatic carbocycles. The van der Waals surface area contributed by atoms with Crippen molar-refractivity contribution in [3.63, 3.8) is 0 Å². The number of para-hydroxylation sites is 2. The zero-order valence-corrected chi connectivity index (χ0v) is 33.6. The lowest BCUT2D eigenvalue weighted by Gasteiger charge is -2.36. The van der Waals surface area contributed by atoms with Gasteiger partial charge in [-0.1, -0.05) is 109 Å². The Morgan fingerprint density at radius 3 is 1.73 bits per heavy atom. The molecule has 0 fully saturated rings. The summed E-state index contributed by atoms with van der Waals surface area (Å²) < 4.78 is 10.8. The van der Waals surface area contributed by atoms with Crippen LogP contribution in [0.25, 0.3) is 110 Å². The molecule has 12 aromatic rings. The van der Waals surface area contributed by atoms with E-state index in [0.717, 1.165) is 0 Å². The van der Waals surface area contributed by atoms with E-state index in [1.165, 1.54) is 154 Å². The molecule has 1 unspecified atom stereocenters. The maximum absolute atomic E-state index is 2.79. The molecule has 16 rings (SSSR count). The summed E-state index contributed by atoms with van der Waals surface area (Å²) in [6.45, 7) is 9.17. The predicted octanol–water partition coefficient (Wildman–Crippen LogP) is 12.1. The molecule has 8 heterocycles. The first-order chi connectivity index (χ1) is 29.5. The Balaban J connectivity index is 1.12. The number of rotatable bonds is 0. The summed E-state index contributed by atoms with van der Waals surface area (Å²) in [4.78, 5) is 0. The lowest BCUT2D eigenvalue weighted by Crippen LogP contribution is -2.55. The molecular weight excluding hydrogens is 727 g/mol. The van der Waals surface area contributed by atoms with Crippen LogP contribution in [0.3, 0.4) is 0 Å². The number of aryl methyl sites for hydroxylation is 4. The van der Waals surface area contributed by atoms with Gasteiger partial charge >= 0.3 is 6.85 Å². The number of hydrogen-bond acceptors (Lipinski definition) is 0.